The fourth-order valence-corrected chi connectivity index (χ4v) is 3.88. The van der Waals surface area contributed by atoms with Crippen molar-refractivity contribution >= 4 is 10.0 Å². The first-order valence-corrected chi connectivity index (χ1v) is 8.63. The van der Waals surface area contributed by atoms with Crippen molar-refractivity contribution in [1.82, 2.24) is 4.72 Å². The molecule has 0 unspecified atom stereocenters. The van der Waals surface area contributed by atoms with Crippen molar-refractivity contribution in [3.8, 4) is 11.8 Å². The molecule has 1 aliphatic rings. The topological polar surface area (TPSA) is 66.4 Å². The summed E-state index contributed by atoms with van der Waals surface area (Å²) in [7, 11) is -3.54. The van der Waals surface area contributed by atoms with Gasteiger partial charge in [0.15, 0.2) is 0 Å². The molecule has 1 saturated carbocycles. The lowest BCUT2D eigenvalue weighted by Gasteiger charge is -2.33. The van der Waals surface area contributed by atoms with Gasteiger partial charge in [0.2, 0.25) is 10.0 Å². The van der Waals surface area contributed by atoms with Gasteiger partial charge in [0.05, 0.1) is 11.5 Å². The van der Waals surface area contributed by atoms with Crippen LogP contribution in [-0.2, 0) is 10.0 Å². The number of sulfonamides is 1. The molecule has 0 amide bonds. The molecule has 1 aromatic rings. The Kier molecular flexibility index (Phi) is 5.04. The zero-order valence-corrected chi connectivity index (χ0v) is 13.2. The van der Waals surface area contributed by atoms with E-state index < -0.39 is 10.0 Å². The highest BCUT2D eigenvalue weighted by atomic mass is 32.2. The van der Waals surface area contributed by atoms with Gasteiger partial charge in [-0.3, -0.25) is 0 Å². The molecule has 0 heterocycles. The van der Waals surface area contributed by atoms with Gasteiger partial charge in [-0.05, 0) is 43.4 Å². The van der Waals surface area contributed by atoms with E-state index in [1.54, 1.807) is 18.2 Å². The summed E-state index contributed by atoms with van der Waals surface area (Å²) in [6.07, 6.45) is 2.11. The number of hydrogen-bond donors (Lipinski definition) is 2. The molecular formula is C16H21NO3S. The molecule has 2 rings (SSSR count). The normalized spacial score (nSPS) is 21.3. The largest absolute Gasteiger partial charge is 0.395 e. The Hall–Kier alpha value is -1.35. The van der Waals surface area contributed by atoms with Gasteiger partial charge >= 0.3 is 0 Å². The first kappa shape index (κ1) is 16.0. The van der Waals surface area contributed by atoms with Gasteiger partial charge in [-0.2, -0.15) is 0 Å². The summed E-state index contributed by atoms with van der Waals surface area (Å²) in [6, 6.07) is 5.17. The van der Waals surface area contributed by atoms with E-state index in [-0.39, 0.29) is 17.5 Å². The highest BCUT2D eigenvalue weighted by Crippen LogP contribution is 2.28. The third-order valence-electron chi connectivity index (χ3n) is 3.58. The van der Waals surface area contributed by atoms with E-state index in [4.69, 9.17) is 5.11 Å². The van der Waals surface area contributed by atoms with E-state index in [9.17, 15) is 8.42 Å². The minimum atomic E-state index is -3.54. The molecule has 0 saturated heterocycles. The minimum absolute atomic E-state index is 0.0287. The molecule has 4 nitrogen and oxygen atoms in total. The van der Waals surface area contributed by atoms with Crippen LogP contribution in [0.25, 0.3) is 0 Å². The summed E-state index contributed by atoms with van der Waals surface area (Å²) in [5, 5.41) is 8.78. The molecule has 1 aliphatic carbocycles. The van der Waals surface area contributed by atoms with Gasteiger partial charge in [0.25, 0.3) is 0 Å². The Morgan fingerprint density at radius 2 is 2.10 bits per heavy atom. The summed E-state index contributed by atoms with van der Waals surface area (Å²) in [6.45, 7) is 3.98. The third-order valence-corrected chi connectivity index (χ3v) is 5.16. The van der Waals surface area contributed by atoms with Gasteiger partial charge in [-0.25, -0.2) is 13.1 Å². The van der Waals surface area contributed by atoms with Gasteiger partial charge in [-0.1, -0.05) is 24.8 Å². The van der Waals surface area contributed by atoms with Crippen molar-refractivity contribution in [2.75, 3.05) is 6.61 Å². The van der Waals surface area contributed by atoms with Crippen molar-refractivity contribution in [1.29, 1.82) is 0 Å². The Balaban J connectivity index is 2.27. The average molecular weight is 307 g/mol. The number of hydrogen-bond acceptors (Lipinski definition) is 3. The number of aliphatic hydroxyl groups excluding tert-OH is 1. The second kappa shape index (κ2) is 6.61. The minimum Gasteiger partial charge on any atom is -0.395 e. The molecule has 0 aromatic heterocycles. The first-order valence-electron chi connectivity index (χ1n) is 7.15. The highest BCUT2D eigenvalue weighted by molar-refractivity contribution is 7.89. The van der Waals surface area contributed by atoms with E-state index >= 15 is 0 Å². The Bertz CT molecular complexity index is 664. The monoisotopic (exact) mass is 307 g/mol. The van der Waals surface area contributed by atoms with E-state index in [0.29, 0.717) is 17.9 Å². The molecule has 5 heteroatoms. The summed E-state index contributed by atoms with van der Waals surface area (Å²) in [5.74, 6) is 6.22. The van der Waals surface area contributed by atoms with Crippen molar-refractivity contribution in [3.05, 3.63) is 29.3 Å². The van der Waals surface area contributed by atoms with E-state index in [1.807, 2.05) is 6.92 Å². The van der Waals surface area contributed by atoms with Gasteiger partial charge in [0.1, 0.15) is 0 Å². The van der Waals surface area contributed by atoms with E-state index in [0.717, 1.165) is 18.4 Å². The van der Waals surface area contributed by atoms with Crippen molar-refractivity contribution in [2.24, 2.45) is 5.92 Å². The summed E-state index contributed by atoms with van der Waals surface area (Å²) in [4.78, 5) is 0.220. The molecule has 2 N–H and O–H groups in total. The molecule has 1 fully saturated rings. The van der Waals surface area contributed by atoms with E-state index in [1.165, 1.54) is 0 Å². The summed E-state index contributed by atoms with van der Waals surface area (Å²) < 4.78 is 27.7. The lowest BCUT2D eigenvalue weighted by atomic mass is 9.83. The molecule has 1 aromatic carbocycles. The van der Waals surface area contributed by atoms with Crippen LogP contribution in [0.5, 0.6) is 0 Å². The maximum absolute atomic E-state index is 12.5. The van der Waals surface area contributed by atoms with Crippen LogP contribution in [0.3, 0.4) is 0 Å². The van der Waals surface area contributed by atoms with Crippen LogP contribution in [0.4, 0.5) is 0 Å². The molecule has 0 bridgehead atoms. The quantitative estimate of drug-likeness (QED) is 0.834. The van der Waals surface area contributed by atoms with Crippen molar-refractivity contribution < 1.29 is 13.5 Å². The molecule has 0 aliphatic heterocycles. The molecular weight excluding hydrogens is 286 g/mol. The number of benzene rings is 1. The van der Waals surface area contributed by atoms with Gasteiger partial charge < -0.3 is 5.11 Å². The van der Waals surface area contributed by atoms with Crippen LogP contribution in [0.2, 0.25) is 0 Å². The van der Waals surface area contributed by atoms with Crippen LogP contribution < -0.4 is 4.72 Å². The second-order valence-electron chi connectivity index (χ2n) is 5.67. The summed E-state index contributed by atoms with van der Waals surface area (Å²) in [5.41, 5.74) is 1.45. The third kappa shape index (κ3) is 4.07. The van der Waals surface area contributed by atoms with Crippen LogP contribution in [-0.4, -0.2) is 26.2 Å². The Morgan fingerprint density at radius 3 is 2.71 bits per heavy atom. The molecule has 114 valence electrons. The zero-order valence-electron chi connectivity index (χ0n) is 12.4. The Labute approximate surface area is 126 Å². The van der Waals surface area contributed by atoms with Crippen LogP contribution in [0.15, 0.2) is 23.1 Å². The molecule has 0 spiro atoms. The van der Waals surface area contributed by atoms with Gasteiger partial charge in [-0.15, -0.1) is 0 Å². The second-order valence-corrected chi connectivity index (χ2v) is 7.35. The van der Waals surface area contributed by atoms with Crippen molar-refractivity contribution in [2.45, 2.75) is 44.0 Å². The number of aryl methyl sites for hydroxylation is 1. The molecule has 0 radical (unpaired) electrons. The SMILES string of the molecule is Cc1ccc(S(=O)(=O)NC2CC(C)C2)c(C#CCCO)c1. The number of aliphatic hydroxyl groups is 1. The van der Waals surface area contributed by atoms with Crippen LogP contribution in [0, 0.1) is 24.7 Å². The predicted molar refractivity (Wildman–Crippen MR) is 82.3 cm³/mol. The average Bonchev–Trinajstić information content (AvgIpc) is 2.37. The lowest BCUT2D eigenvalue weighted by Crippen LogP contribution is -2.43. The van der Waals surface area contributed by atoms with Crippen LogP contribution in [0.1, 0.15) is 37.3 Å². The maximum atomic E-state index is 12.5. The first-order chi connectivity index (χ1) is 9.92. The van der Waals surface area contributed by atoms with Crippen molar-refractivity contribution in [3.63, 3.8) is 0 Å². The predicted octanol–water partition coefficient (Wildman–Crippen LogP) is 1.81. The smallest absolute Gasteiger partial charge is 0.242 e. The number of nitrogens with one attached hydrogen (secondary N) is 1. The maximum Gasteiger partial charge on any atom is 0.242 e. The fraction of sp³-hybridized carbons (Fsp3) is 0.500. The van der Waals surface area contributed by atoms with Crippen LogP contribution >= 0.6 is 0 Å². The lowest BCUT2D eigenvalue weighted by molar-refractivity contribution is 0.270. The van der Waals surface area contributed by atoms with E-state index in [2.05, 4.69) is 23.5 Å². The number of rotatable bonds is 4. The standard InChI is InChI=1S/C16H21NO3S/c1-12-6-7-16(14(9-12)5-3-4-8-18)21(19,20)17-15-10-13(2)11-15/h6-7,9,13,15,17-18H,4,8,10-11H2,1-2H3. The highest BCUT2D eigenvalue weighted by Gasteiger charge is 2.30. The molecule has 21 heavy (non-hydrogen) atoms. The fourth-order valence-electron chi connectivity index (χ4n) is 2.47. The van der Waals surface area contributed by atoms with Gasteiger partial charge in [0, 0.05) is 18.0 Å². The summed E-state index contributed by atoms with van der Waals surface area (Å²) >= 11 is 0. The molecule has 0 atom stereocenters. The zero-order chi connectivity index (χ0) is 15.5. The Morgan fingerprint density at radius 1 is 1.38 bits per heavy atom.